The highest BCUT2D eigenvalue weighted by Gasteiger charge is 2.26. The molecule has 0 spiro atoms. The van der Waals surface area contributed by atoms with Gasteiger partial charge in [-0.25, -0.2) is 9.59 Å². The fourth-order valence-electron chi connectivity index (χ4n) is 3.43. The summed E-state index contributed by atoms with van der Waals surface area (Å²) in [6, 6.07) is 21.2. The average molecular weight is 444 g/mol. The van der Waals surface area contributed by atoms with Crippen molar-refractivity contribution in [2.24, 2.45) is 0 Å². The van der Waals surface area contributed by atoms with Crippen LogP contribution in [0.3, 0.4) is 0 Å². The zero-order valence-electron chi connectivity index (χ0n) is 16.9. The van der Waals surface area contributed by atoms with Crippen LogP contribution >= 0.6 is 0 Å². The Labute approximate surface area is 185 Å². The Hall–Kier alpha value is -4.72. The molecule has 2 aromatic heterocycles. The molecule has 0 aliphatic heterocycles. The van der Waals surface area contributed by atoms with Gasteiger partial charge in [0.15, 0.2) is 11.5 Å². The van der Waals surface area contributed by atoms with Crippen molar-refractivity contribution in [3.8, 4) is 23.0 Å². The van der Waals surface area contributed by atoms with Gasteiger partial charge in [-0.15, -0.1) is 0 Å². The molecule has 164 valence electrons. The van der Waals surface area contributed by atoms with E-state index in [1.54, 1.807) is 66.7 Å². The number of aromatic hydroxyl groups is 2. The molecule has 0 unspecified atom stereocenters. The quantitative estimate of drug-likeness (QED) is 0.301. The maximum absolute atomic E-state index is 12.5. The maximum Gasteiger partial charge on any atom is 0.383 e. The van der Waals surface area contributed by atoms with E-state index >= 15 is 0 Å². The van der Waals surface area contributed by atoms with Crippen LogP contribution in [-0.2, 0) is 0 Å². The summed E-state index contributed by atoms with van der Waals surface area (Å²) < 4.78 is 21.9. The van der Waals surface area contributed by atoms with Gasteiger partial charge in [-0.1, -0.05) is 54.6 Å². The third kappa shape index (κ3) is 3.63. The van der Waals surface area contributed by atoms with Crippen molar-refractivity contribution in [2.75, 3.05) is 0 Å². The molecule has 33 heavy (non-hydrogen) atoms. The number of hydrogen-bond acceptors (Lipinski definition) is 8. The van der Waals surface area contributed by atoms with E-state index in [2.05, 4.69) is 0 Å². The molecule has 2 N–H and O–H groups in total. The first-order valence-corrected chi connectivity index (χ1v) is 9.91. The third-order valence-corrected chi connectivity index (χ3v) is 5.01. The van der Waals surface area contributed by atoms with Gasteiger partial charge >= 0.3 is 11.3 Å². The summed E-state index contributed by atoms with van der Waals surface area (Å²) in [5.74, 6) is -1.90. The number of rotatable bonds is 5. The monoisotopic (exact) mass is 444 g/mol. The summed E-state index contributed by atoms with van der Waals surface area (Å²) in [7, 11) is 0. The highest BCUT2D eigenvalue weighted by Crippen LogP contribution is 2.37. The maximum atomic E-state index is 12.5. The lowest BCUT2D eigenvalue weighted by Crippen LogP contribution is -2.21. The van der Waals surface area contributed by atoms with Gasteiger partial charge in [0.1, 0.15) is 11.2 Å². The van der Waals surface area contributed by atoms with Gasteiger partial charge in [-0.3, -0.25) is 0 Å². The van der Waals surface area contributed by atoms with Crippen LogP contribution < -0.4 is 20.7 Å². The van der Waals surface area contributed by atoms with E-state index in [4.69, 9.17) is 18.3 Å². The van der Waals surface area contributed by atoms with Crippen LogP contribution in [0.25, 0.3) is 21.9 Å². The topological polar surface area (TPSA) is 119 Å². The molecule has 5 aromatic rings. The number of ether oxygens (including phenoxy) is 2. The molecule has 0 aliphatic carbocycles. The van der Waals surface area contributed by atoms with E-state index in [0.717, 1.165) is 0 Å². The van der Waals surface area contributed by atoms with E-state index in [1.807, 2.05) is 0 Å². The molecule has 0 atom stereocenters. The summed E-state index contributed by atoms with van der Waals surface area (Å²) in [5.41, 5.74) is -1.12. The standard InChI is InChI=1S/C25H16O8/c26-19-15-10-4-6-12-17(15)30-23(28)21(19)32-25(14-8-2-1-3-9-14)33-22-20(27)16-11-5-7-13-18(16)31-24(22)29/h1-13,25-27H. The SMILES string of the molecule is O=c1oc2ccccc2c(O)c1OC(Oc1c(O)c2ccccc2oc1=O)c1ccccc1. The lowest BCUT2D eigenvalue weighted by Gasteiger charge is -2.21. The smallest absolute Gasteiger partial charge is 0.383 e. The zero-order chi connectivity index (χ0) is 22.9. The van der Waals surface area contributed by atoms with Crippen molar-refractivity contribution in [3.05, 3.63) is 105 Å². The molecule has 8 heteroatoms. The summed E-state index contributed by atoms with van der Waals surface area (Å²) in [6.07, 6.45) is -1.41. The second-order valence-corrected chi connectivity index (χ2v) is 7.11. The van der Waals surface area contributed by atoms with Gasteiger partial charge in [0.05, 0.1) is 10.8 Å². The van der Waals surface area contributed by atoms with Crippen molar-refractivity contribution in [2.45, 2.75) is 6.29 Å². The van der Waals surface area contributed by atoms with Gasteiger partial charge in [0.2, 0.25) is 0 Å². The van der Waals surface area contributed by atoms with Gasteiger partial charge in [0, 0.05) is 5.56 Å². The van der Waals surface area contributed by atoms with Crippen LogP contribution in [0.1, 0.15) is 11.9 Å². The minimum atomic E-state index is -1.41. The largest absolute Gasteiger partial charge is 0.504 e. The molecule has 0 saturated carbocycles. The van der Waals surface area contributed by atoms with Crippen LogP contribution in [0.15, 0.2) is 97.3 Å². The predicted molar refractivity (Wildman–Crippen MR) is 119 cm³/mol. The highest BCUT2D eigenvalue weighted by molar-refractivity contribution is 5.85. The van der Waals surface area contributed by atoms with Crippen LogP contribution in [0.4, 0.5) is 0 Å². The van der Waals surface area contributed by atoms with Gasteiger partial charge < -0.3 is 28.5 Å². The summed E-state index contributed by atoms with van der Waals surface area (Å²) in [6.45, 7) is 0. The zero-order valence-corrected chi connectivity index (χ0v) is 16.9. The molecule has 3 aromatic carbocycles. The first-order chi connectivity index (χ1) is 16.0. The summed E-state index contributed by atoms with van der Waals surface area (Å²) in [5, 5.41) is 21.9. The Morgan fingerprint density at radius 1 is 0.606 bits per heavy atom. The lowest BCUT2D eigenvalue weighted by molar-refractivity contribution is -0.00470. The van der Waals surface area contributed by atoms with Crippen LogP contribution in [0, 0.1) is 0 Å². The Morgan fingerprint density at radius 3 is 1.52 bits per heavy atom. The average Bonchev–Trinajstić information content (AvgIpc) is 2.83. The van der Waals surface area contributed by atoms with E-state index in [9.17, 15) is 19.8 Å². The number of benzene rings is 3. The molecular weight excluding hydrogens is 428 g/mol. The predicted octanol–water partition coefficient (Wildman–Crippen LogP) is 4.47. The Kier molecular flexibility index (Phi) is 4.95. The molecule has 8 nitrogen and oxygen atoms in total. The van der Waals surface area contributed by atoms with Crippen molar-refractivity contribution >= 4 is 21.9 Å². The normalized spacial score (nSPS) is 11.2. The van der Waals surface area contributed by atoms with Crippen LogP contribution in [0.2, 0.25) is 0 Å². The number of hydrogen-bond donors (Lipinski definition) is 2. The Morgan fingerprint density at radius 2 is 1.03 bits per heavy atom. The number of para-hydroxylation sites is 2. The third-order valence-electron chi connectivity index (χ3n) is 5.01. The number of fused-ring (bicyclic) bond motifs is 2. The molecular formula is C25H16O8. The minimum Gasteiger partial charge on any atom is -0.504 e. The van der Waals surface area contributed by atoms with Crippen molar-refractivity contribution in [3.63, 3.8) is 0 Å². The second kappa shape index (κ2) is 8.08. The first kappa shape index (κ1) is 20.2. The van der Waals surface area contributed by atoms with Crippen molar-refractivity contribution < 1.29 is 28.5 Å². The van der Waals surface area contributed by atoms with Crippen LogP contribution in [0.5, 0.6) is 23.0 Å². The van der Waals surface area contributed by atoms with E-state index < -0.39 is 40.5 Å². The van der Waals surface area contributed by atoms with Gasteiger partial charge in [0.25, 0.3) is 17.8 Å². The van der Waals surface area contributed by atoms with Gasteiger partial charge in [-0.05, 0) is 24.3 Å². The lowest BCUT2D eigenvalue weighted by atomic mass is 10.2. The van der Waals surface area contributed by atoms with E-state index in [0.29, 0.717) is 5.56 Å². The Balaban J connectivity index is 1.62. The molecule has 0 radical (unpaired) electrons. The first-order valence-electron chi connectivity index (χ1n) is 9.91. The fourth-order valence-corrected chi connectivity index (χ4v) is 3.43. The fraction of sp³-hybridized carbons (Fsp3) is 0.0400. The molecule has 0 bridgehead atoms. The van der Waals surface area contributed by atoms with Crippen LogP contribution in [-0.4, -0.2) is 10.2 Å². The molecule has 0 amide bonds. The van der Waals surface area contributed by atoms with Crippen molar-refractivity contribution in [1.82, 2.24) is 0 Å². The highest BCUT2D eigenvalue weighted by atomic mass is 16.7. The Bertz CT molecular complexity index is 1480. The van der Waals surface area contributed by atoms with E-state index in [-0.39, 0.29) is 21.9 Å². The van der Waals surface area contributed by atoms with Gasteiger partial charge in [-0.2, -0.15) is 0 Å². The minimum absolute atomic E-state index is 0.178. The summed E-state index contributed by atoms with van der Waals surface area (Å²) >= 11 is 0. The molecule has 5 rings (SSSR count). The van der Waals surface area contributed by atoms with E-state index in [1.165, 1.54) is 12.1 Å². The summed E-state index contributed by atoms with van der Waals surface area (Å²) in [4.78, 5) is 25.1. The molecule has 0 fully saturated rings. The second-order valence-electron chi connectivity index (χ2n) is 7.11. The van der Waals surface area contributed by atoms with Crippen molar-refractivity contribution in [1.29, 1.82) is 0 Å². The molecule has 2 heterocycles. The molecule has 0 saturated heterocycles. The molecule has 0 aliphatic rings.